The molecule has 0 heterocycles. The van der Waals surface area contributed by atoms with Crippen molar-refractivity contribution >= 4 is 28.6 Å². The molecule has 24 heavy (non-hydrogen) atoms. The summed E-state index contributed by atoms with van der Waals surface area (Å²) in [7, 11) is 0. The second-order valence-corrected chi connectivity index (χ2v) is 6.34. The highest BCUT2D eigenvalue weighted by atomic mass is 16.6. The molecule has 0 fully saturated rings. The van der Waals surface area contributed by atoms with Gasteiger partial charge in [-0.15, -0.1) is 0 Å². The minimum Gasteiger partial charge on any atom is -0.444 e. The lowest BCUT2D eigenvalue weighted by Gasteiger charge is -2.19. The first kappa shape index (κ1) is 17.6. The molecule has 2 aromatic rings. The Morgan fingerprint density at radius 3 is 2.38 bits per heavy atom. The summed E-state index contributed by atoms with van der Waals surface area (Å²) in [6.07, 6.45) is -0.501. The van der Waals surface area contributed by atoms with E-state index in [0.717, 1.165) is 16.5 Å². The molecule has 0 bridgehead atoms. The minimum atomic E-state index is -0.538. The van der Waals surface area contributed by atoms with Crippen LogP contribution in [0.25, 0.3) is 10.8 Å². The zero-order valence-electron chi connectivity index (χ0n) is 14.2. The van der Waals surface area contributed by atoms with Crippen LogP contribution in [0.2, 0.25) is 0 Å². The first-order chi connectivity index (χ1) is 11.3. The number of anilines is 1. The molecule has 6 nitrogen and oxygen atoms in total. The predicted molar refractivity (Wildman–Crippen MR) is 95.2 cm³/mol. The van der Waals surface area contributed by atoms with Crippen LogP contribution in [0.3, 0.4) is 0 Å². The standard InChI is InChI=1S/C18H23N3O3/c1-18(2,3)24-17(23)20-12-11-19-16(22)21-15-10-6-8-13-7-4-5-9-14(13)15/h4-10H,11-12H2,1-3H3,(H,20,23)(H2,19,21,22). The van der Waals surface area contributed by atoms with E-state index >= 15 is 0 Å². The number of ether oxygens (including phenoxy) is 1. The van der Waals surface area contributed by atoms with Crippen LogP contribution in [0.4, 0.5) is 15.3 Å². The summed E-state index contributed by atoms with van der Waals surface area (Å²) in [5, 5.41) is 10.1. The van der Waals surface area contributed by atoms with E-state index in [1.807, 2.05) is 42.5 Å². The number of fused-ring (bicyclic) bond motifs is 1. The maximum atomic E-state index is 12.0. The number of alkyl carbamates (subject to hydrolysis) is 1. The Hall–Kier alpha value is -2.76. The normalized spacial score (nSPS) is 11.0. The van der Waals surface area contributed by atoms with Gasteiger partial charge < -0.3 is 20.7 Å². The van der Waals surface area contributed by atoms with Crippen molar-refractivity contribution in [1.82, 2.24) is 10.6 Å². The van der Waals surface area contributed by atoms with Crippen LogP contribution in [-0.2, 0) is 4.74 Å². The fourth-order valence-electron chi connectivity index (χ4n) is 2.16. The van der Waals surface area contributed by atoms with E-state index in [1.165, 1.54) is 0 Å². The van der Waals surface area contributed by atoms with Crippen molar-refractivity contribution in [2.45, 2.75) is 26.4 Å². The second kappa shape index (κ2) is 7.68. The van der Waals surface area contributed by atoms with Gasteiger partial charge in [0.05, 0.1) is 5.69 Å². The van der Waals surface area contributed by atoms with Gasteiger partial charge in [0.25, 0.3) is 0 Å². The lowest BCUT2D eigenvalue weighted by Crippen LogP contribution is -2.39. The highest BCUT2D eigenvalue weighted by molar-refractivity contribution is 6.01. The first-order valence-electron chi connectivity index (χ1n) is 7.84. The van der Waals surface area contributed by atoms with Crippen LogP contribution in [-0.4, -0.2) is 30.8 Å². The molecule has 0 saturated carbocycles. The molecule has 0 spiro atoms. The molecule has 0 aliphatic heterocycles. The van der Waals surface area contributed by atoms with E-state index in [4.69, 9.17) is 4.74 Å². The molecular weight excluding hydrogens is 306 g/mol. The Balaban J connectivity index is 1.78. The Labute approximate surface area is 141 Å². The number of nitrogens with one attached hydrogen (secondary N) is 3. The van der Waals surface area contributed by atoms with Gasteiger partial charge >= 0.3 is 12.1 Å². The van der Waals surface area contributed by atoms with Crippen molar-refractivity contribution in [2.75, 3.05) is 18.4 Å². The highest BCUT2D eigenvalue weighted by Crippen LogP contribution is 2.22. The quantitative estimate of drug-likeness (QED) is 0.751. The Kier molecular flexibility index (Phi) is 5.63. The van der Waals surface area contributed by atoms with Crippen molar-refractivity contribution in [3.63, 3.8) is 0 Å². The van der Waals surface area contributed by atoms with Crippen molar-refractivity contribution in [3.05, 3.63) is 42.5 Å². The number of hydrogen-bond acceptors (Lipinski definition) is 3. The topological polar surface area (TPSA) is 79.5 Å². The molecule has 3 N–H and O–H groups in total. The van der Waals surface area contributed by atoms with Crippen LogP contribution in [0.15, 0.2) is 42.5 Å². The first-order valence-corrected chi connectivity index (χ1v) is 7.84. The summed E-state index contributed by atoms with van der Waals surface area (Å²) < 4.78 is 5.11. The lowest BCUT2D eigenvalue weighted by atomic mass is 10.1. The molecule has 0 atom stereocenters. The van der Waals surface area contributed by atoms with Crippen molar-refractivity contribution in [1.29, 1.82) is 0 Å². The van der Waals surface area contributed by atoms with Gasteiger partial charge in [-0.1, -0.05) is 36.4 Å². The third kappa shape index (κ3) is 5.46. The van der Waals surface area contributed by atoms with E-state index in [1.54, 1.807) is 20.8 Å². The smallest absolute Gasteiger partial charge is 0.407 e. The second-order valence-electron chi connectivity index (χ2n) is 6.34. The Morgan fingerprint density at radius 2 is 1.62 bits per heavy atom. The number of urea groups is 1. The van der Waals surface area contributed by atoms with Gasteiger partial charge in [0.15, 0.2) is 0 Å². The van der Waals surface area contributed by atoms with Gasteiger partial charge in [-0.25, -0.2) is 9.59 Å². The van der Waals surface area contributed by atoms with Crippen LogP contribution < -0.4 is 16.0 Å². The fourth-order valence-corrected chi connectivity index (χ4v) is 2.16. The largest absolute Gasteiger partial charge is 0.444 e. The molecule has 6 heteroatoms. The third-order valence-electron chi connectivity index (χ3n) is 3.12. The molecule has 0 aliphatic carbocycles. The summed E-state index contributed by atoms with van der Waals surface area (Å²) in [5.41, 5.74) is 0.203. The molecule has 0 saturated heterocycles. The molecule has 0 aliphatic rings. The van der Waals surface area contributed by atoms with Gasteiger partial charge in [0.2, 0.25) is 0 Å². The number of hydrogen-bond donors (Lipinski definition) is 3. The number of benzene rings is 2. The average molecular weight is 329 g/mol. The molecule has 0 aromatic heterocycles. The number of amides is 3. The number of rotatable bonds is 4. The van der Waals surface area contributed by atoms with Crippen LogP contribution in [0.1, 0.15) is 20.8 Å². The maximum absolute atomic E-state index is 12.0. The molecule has 0 unspecified atom stereocenters. The van der Waals surface area contributed by atoms with Crippen molar-refractivity contribution in [3.8, 4) is 0 Å². The van der Waals surface area contributed by atoms with E-state index in [2.05, 4.69) is 16.0 Å². The summed E-state index contributed by atoms with van der Waals surface area (Å²) in [4.78, 5) is 23.4. The molecule has 128 valence electrons. The monoisotopic (exact) mass is 329 g/mol. The average Bonchev–Trinajstić information content (AvgIpc) is 2.50. The predicted octanol–water partition coefficient (Wildman–Crippen LogP) is 3.49. The van der Waals surface area contributed by atoms with Gasteiger partial charge in [0.1, 0.15) is 5.60 Å². The van der Waals surface area contributed by atoms with Gasteiger partial charge in [0, 0.05) is 18.5 Å². The molecular formula is C18H23N3O3. The van der Waals surface area contributed by atoms with Gasteiger partial charge in [-0.2, -0.15) is 0 Å². The van der Waals surface area contributed by atoms with Crippen LogP contribution in [0.5, 0.6) is 0 Å². The molecule has 0 radical (unpaired) electrons. The van der Waals surface area contributed by atoms with Crippen LogP contribution >= 0.6 is 0 Å². The molecule has 2 rings (SSSR count). The summed E-state index contributed by atoms with van der Waals surface area (Å²) in [6, 6.07) is 13.2. The lowest BCUT2D eigenvalue weighted by molar-refractivity contribution is 0.0528. The maximum Gasteiger partial charge on any atom is 0.407 e. The van der Waals surface area contributed by atoms with E-state index in [9.17, 15) is 9.59 Å². The number of carbonyl (C=O) groups excluding carboxylic acids is 2. The van der Waals surface area contributed by atoms with Gasteiger partial charge in [-0.05, 0) is 32.2 Å². The zero-order chi connectivity index (χ0) is 17.6. The number of carbonyl (C=O) groups is 2. The minimum absolute atomic E-state index is 0.290. The van der Waals surface area contributed by atoms with Crippen LogP contribution in [0, 0.1) is 0 Å². The van der Waals surface area contributed by atoms with E-state index < -0.39 is 11.7 Å². The van der Waals surface area contributed by atoms with E-state index in [-0.39, 0.29) is 12.6 Å². The Morgan fingerprint density at radius 1 is 0.958 bits per heavy atom. The summed E-state index contributed by atoms with van der Waals surface area (Å²) in [5.74, 6) is 0. The zero-order valence-corrected chi connectivity index (χ0v) is 14.2. The third-order valence-corrected chi connectivity index (χ3v) is 3.12. The van der Waals surface area contributed by atoms with Crippen molar-refractivity contribution in [2.24, 2.45) is 0 Å². The molecule has 3 amide bonds. The Bertz CT molecular complexity index is 718. The summed E-state index contributed by atoms with van der Waals surface area (Å²) >= 11 is 0. The van der Waals surface area contributed by atoms with Crippen molar-refractivity contribution < 1.29 is 14.3 Å². The summed E-state index contributed by atoms with van der Waals surface area (Å²) in [6.45, 7) is 5.97. The van der Waals surface area contributed by atoms with Gasteiger partial charge in [-0.3, -0.25) is 0 Å². The van der Waals surface area contributed by atoms with E-state index in [0.29, 0.717) is 6.54 Å². The highest BCUT2D eigenvalue weighted by Gasteiger charge is 2.15. The fraction of sp³-hybridized carbons (Fsp3) is 0.333. The molecule has 2 aromatic carbocycles. The SMILES string of the molecule is CC(C)(C)OC(=O)NCCNC(=O)Nc1cccc2ccccc12.